The van der Waals surface area contributed by atoms with Crippen molar-refractivity contribution in [3.8, 4) is 51.0 Å². The molecular formula is C51H30N4OS. The van der Waals surface area contributed by atoms with E-state index in [4.69, 9.17) is 19.4 Å². The highest BCUT2D eigenvalue weighted by molar-refractivity contribution is 7.26. The summed E-state index contributed by atoms with van der Waals surface area (Å²) >= 11 is 1.80. The Hall–Kier alpha value is -7.41. The molecule has 6 heteroatoms. The molecule has 8 aromatic carbocycles. The number of aromatic nitrogens is 4. The molecule has 266 valence electrons. The quantitative estimate of drug-likeness (QED) is 0.176. The molecule has 0 saturated carbocycles. The minimum atomic E-state index is 0.593. The maximum absolute atomic E-state index is 6.53. The number of nitrogens with zero attached hydrogens (tertiary/aromatic N) is 4. The highest BCUT2D eigenvalue weighted by Gasteiger charge is 2.18. The Bertz CT molecular complexity index is 3470. The fraction of sp³-hybridized carbons (Fsp3) is 0. The highest BCUT2D eigenvalue weighted by atomic mass is 32.1. The first-order valence-corrected chi connectivity index (χ1v) is 19.8. The minimum Gasteiger partial charge on any atom is -0.456 e. The van der Waals surface area contributed by atoms with Gasteiger partial charge in [-0.05, 0) is 65.7 Å². The van der Waals surface area contributed by atoms with Gasteiger partial charge in [0, 0.05) is 64.1 Å². The van der Waals surface area contributed by atoms with Gasteiger partial charge in [-0.15, -0.1) is 11.3 Å². The van der Waals surface area contributed by atoms with Crippen molar-refractivity contribution in [1.29, 1.82) is 0 Å². The number of benzene rings is 8. The van der Waals surface area contributed by atoms with Crippen molar-refractivity contribution in [1.82, 2.24) is 19.5 Å². The maximum Gasteiger partial charge on any atom is 0.164 e. The summed E-state index contributed by atoms with van der Waals surface area (Å²) in [5, 5.41) is 7.08. The zero-order valence-corrected chi connectivity index (χ0v) is 31.2. The predicted molar refractivity (Wildman–Crippen MR) is 236 cm³/mol. The van der Waals surface area contributed by atoms with Crippen molar-refractivity contribution >= 4 is 75.3 Å². The Balaban J connectivity index is 0.987. The second kappa shape index (κ2) is 12.6. The summed E-state index contributed by atoms with van der Waals surface area (Å²) in [6.45, 7) is 0. The number of furan rings is 1. The van der Waals surface area contributed by atoms with Crippen molar-refractivity contribution in [2.45, 2.75) is 0 Å². The zero-order valence-electron chi connectivity index (χ0n) is 30.4. The van der Waals surface area contributed by atoms with E-state index in [2.05, 4.69) is 156 Å². The first-order valence-electron chi connectivity index (χ1n) is 19.0. The summed E-state index contributed by atoms with van der Waals surface area (Å²) in [5.41, 5.74) is 10.3. The van der Waals surface area contributed by atoms with Gasteiger partial charge >= 0.3 is 0 Å². The molecule has 0 aliphatic rings. The molecule has 0 aliphatic heterocycles. The van der Waals surface area contributed by atoms with Gasteiger partial charge in [0.05, 0.1) is 11.0 Å². The molecule has 12 aromatic rings. The zero-order chi connectivity index (χ0) is 37.5. The lowest BCUT2D eigenvalue weighted by Crippen LogP contribution is -2.00. The Kier molecular flexibility index (Phi) is 7.03. The average molecular weight is 747 g/mol. The van der Waals surface area contributed by atoms with E-state index in [9.17, 15) is 0 Å². The van der Waals surface area contributed by atoms with Crippen LogP contribution in [0, 0.1) is 0 Å². The molecule has 0 unspecified atom stereocenters. The standard InChI is InChI=1S/C51H30N4OS/c1-3-12-31(13-4-1)36-18-11-21-46-48(36)40-26-23-34(29-47(40)57-46)51-53-49(32-14-5-2-6-15-32)52-50(54-51)33-22-25-39-41-30-35(24-27-44(41)56-45(39)28-33)55-42-19-9-7-16-37(42)38-17-8-10-20-43(38)55/h1-30H. The van der Waals surface area contributed by atoms with Crippen LogP contribution in [0.1, 0.15) is 0 Å². The van der Waals surface area contributed by atoms with E-state index in [0.717, 1.165) is 44.3 Å². The fourth-order valence-electron chi connectivity index (χ4n) is 8.42. The van der Waals surface area contributed by atoms with E-state index in [1.807, 2.05) is 30.3 Å². The van der Waals surface area contributed by atoms with Crippen molar-refractivity contribution in [3.05, 3.63) is 182 Å². The summed E-state index contributed by atoms with van der Waals surface area (Å²) in [4.78, 5) is 15.2. The van der Waals surface area contributed by atoms with Crippen LogP contribution in [0.2, 0.25) is 0 Å². The molecule has 0 radical (unpaired) electrons. The third-order valence-electron chi connectivity index (χ3n) is 11.1. The van der Waals surface area contributed by atoms with Gasteiger partial charge in [0.25, 0.3) is 0 Å². The molecule has 0 aliphatic carbocycles. The second-order valence-electron chi connectivity index (χ2n) is 14.4. The monoisotopic (exact) mass is 746 g/mol. The van der Waals surface area contributed by atoms with E-state index in [1.54, 1.807) is 11.3 Å². The topological polar surface area (TPSA) is 56.7 Å². The number of rotatable bonds is 5. The lowest BCUT2D eigenvalue weighted by Gasteiger charge is -2.09. The Labute approximate surface area is 330 Å². The lowest BCUT2D eigenvalue weighted by molar-refractivity contribution is 0.669. The molecule has 57 heavy (non-hydrogen) atoms. The Morgan fingerprint density at radius 3 is 1.72 bits per heavy atom. The van der Waals surface area contributed by atoms with Crippen LogP contribution in [0.15, 0.2) is 186 Å². The molecule has 0 fully saturated rings. The number of para-hydroxylation sites is 2. The van der Waals surface area contributed by atoms with Crippen LogP contribution in [0.3, 0.4) is 0 Å². The van der Waals surface area contributed by atoms with Crippen molar-refractivity contribution in [2.75, 3.05) is 0 Å². The van der Waals surface area contributed by atoms with Gasteiger partial charge in [-0.1, -0.05) is 127 Å². The van der Waals surface area contributed by atoms with Crippen molar-refractivity contribution in [3.63, 3.8) is 0 Å². The summed E-state index contributed by atoms with van der Waals surface area (Å²) in [5.74, 6) is 1.84. The summed E-state index contributed by atoms with van der Waals surface area (Å²) in [7, 11) is 0. The number of fused-ring (bicyclic) bond motifs is 9. The first-order chi connectivity index (χ1) is 28.2. The Morgan fingerprint density at radius 2 is 1.00 bits per heavy atom. The van der Waals surface area contributed by atoms with Gasteiger partial charge < -0.3 is 8.98 Å². The van der Waals surface area contributed by atoms with E-state index < -0.39 is 0 Å². The van der Waals surface area contributed by atoms with Crippen molar-refractivity contribution < 1.29 is 4.42 Å². The minimum absolute atomic E-state index is 0.593. The molecule has 0 atom stereocenters. The number of thiophene rings is 1. The van der Waals surface area contributed by atoms with Gasteiger partial charge in [0.15, 0.2) is 17.5 Å². The van der Waals surface area contributed by atoms with Crippen LogP contribution >= 0.6 is 11.3 Å². The number of hydrogen-bond acceptors (Lipinski definition) is 5. The maximum atomic E-state index is 6.53. The summed E-state index contributed by atoms with van der Waals surface area (Å²) < 4.78 is 11.3. The van der Waals surface area contributed by atoms with E-state index in [-0.39, 0.29) is 0 Å². The largest absolute Gasteiger partial charge is 0.456 e. The molecule has 0 amide bonds. The molecule has 0 N–H and O–H groups in total. The molecule has 4 aromatic heterocycles. The van der Waals surface area contributed by atoms with Gasteiger partial charge in [-0.2, -0.15) is 0 Å². The highest BCUT2D eigenvalue weighted by Crippen LogP contribution is 2.42. The molecule has 0 bridgehead atoms. The van der Waals surface area contributed by atoms with E-state index in [1.165, 1.54) is 53.1 Å². The van der Waals surface area contributed by atoms with Crippen molar-refractivity contribution in [2.24, 2.45) is 0 Å². The predicted octanol–water partition coefficient (Wildman–Crippen LogP) is 13.9. The van der Waals surface area contributed by atoms with Gasteiger partial charge in [-0.3, -0.25) is 0 Å². The SMILES string of the molecule is c1ccc(-c2nc(-c3ccc4c(c3)oc3ccc(-n5c6ccccc6c6ccccc65)cc34)nc(-c3ccc4c(c3)sc3cccc(-c5ccccc5)c34)n2)cc1. The molecule has 4 heterocycles. The van der Waals surface area contributed by atoms with Crippen LogP contribution in [0.25, 0.3) is 115 Å². The summed E-state index contributed by atoms with van der Waals surface area (Å²) in [6.07, 6.45) is 0. The normalized spacial score (nSPS) is 11.9. The number of hydrogen-bond donors (Lipinski definition) is 0. The molecular weight excluding hydrogens is 717 g/mol. The average Bonchev–Trinajstić information content (AvgIpc) is 3.95. The second-order valence-corrected chi connectivity index (χ2v) is 15.5. The molecule has 0 spiro atoms. The lowest BCUT2D eigenvalue weighted by atomic mass is 9.99. The van der Waals surface area contributed by atoms with Crippen LogP contribution in [-0.2, 0) is 0 Å². The van der Waals surface area contributed by atoms with E-state index in [0.29, 0.717) is 17.5 Å². The van der Waals surface area contributed by atoms with E-state index >= 15 is 0 Å². The van der Waals surface area contributed by atoms with Crippen LogP contribution in [0.4, 0.5) is 0 Å². The Morgan fingerprint density at radius 1 is 0.386 bits per heavy atom. The molecule has 0 saturated heterocycles. The third kappa shape index (κ3) is 5.12. The van der Waals surface area contributed by atoms with Crippen LogP contribution < -0.4 is 0 Å². The van der Waals surface area contributed by atoms with Gasteiger partial charge in [0.2, 0.25) is 0 Å². The summed E-state index contributed by atoms with van der Waals surface area (Å²) in [6, 6.07) is 63.8. The third-order valence-corrected chi connectivity index (χ3v) is 12.2. The smallest absolute Gasteiger partial charge is 0.164 e. The van der Waals surface area contributed by atoms with Gasteiger partial charge in [0.1, 0.15) is 11.2 Å². The molecule has 5 nitrogen and oxygen atoms in total. The van der Waals surface area contributed by atoms with Gasteiger partial charge in [-0.25, -0.2) is 15.0 Å². The molecule has 12 rings (SSSR count). The van der Waals surface area contributed by atoms with Crippen LogP contribution in [0.5, 0.6) is 0 Å². The fourth-order valence-corrected chi connectivity index (χ4v) is 9.59. The van der Waals surface area contributed by atoms with Crippen LogP contribution in [-0.4, -0.2) is 19.5 Å². The first kappa shape index (κ1) is 31.9.